The van der Waals surface area contributed by atoms with Crippen LogP contribution in [0.4, 0.5) is 14.5 Å². The summed E-state index contributed by atoms with van der Waals surface area (Å²) in [5.41, 5.74) is 0.230. The molecule has 0 aliphatic carbocycles. The van der Waals surface area contributed by atoms with Gasteiger partial charge in [-0.25, -0.2) is 17.2 Å². The number of sulfonamides is 1. The fourth-order valence-corrected chi connectivity index (χ4v) is 5.32. The van der Waals surface area contributed by atoms with Crippen LogP contribution in [-0.4, -0.2) is 32.2 Å². The summed E-state index contributed by atoms with van der Waals surface area (Å²) in [6, 6.07) is 8.57. The number of fused-ring (bicyclic) bond motifs is 1. The van der Waals surface area contributed by atoms with Crippen LogP contribution in [0, 0.1) is 11.6 Å². The van der Waals surface area contributed by atoms with E-state index in [4.69, 9.17) is 4.74 Å². The highest BCUT2D eigenvalue weighted by atomic mass is 32.2. The van der Waals surface area contributed by atoms with Crippen LogP contribution in [0.5, 0.6) is 5.75 Å². The van der Waals surface area contributed by atoms with Crippen molar-refractivity contribution in [2.24, 2.45) is 0 Å². The van der Waals surface area contributed by atoms with Crippen LogP contribution in [-0.2, 0) is 14.8 Å². The number of carbonyl (C=O) groups is 1. The maximum Gasteiger partial charge on any atom is 0.244 e. The topological polar surface area (TPSA) is 75.7 Å². The van der Waals surface area contributed by atoms with Crippen molar-refractivity contribution in [3.63, 3.8) is 0 Å². The Morgan fingerprint density at radius 3 is 2.44 bits per heavy atom. The van der Waals surface area contributed by atoms with Gasteiger partial charge < -0.3 is 10.1 Å². The molecule has 174 valence electrons. The van der Waals surface area contributed by atoms with E-state index in [0.29, 0.717) is 12.2 Å². The predicted molar refractivity (Wildman–Crippen MR) is 119 cm³/mol. The van der Waals surface area contributed by atoms with Crippen LogP contribution >= 0.6 is 0 Å². The van der Waals surface area contributed by atoms with Gasteiger partial charge in [0.05, 0.1) is 18.0 Å². The third-order valence-corrected chi connectivity index (χ3v) is 7.29. The van der Waals surface area contributed by atoms with Crippen LogP contribution in [0.25, 0.3) is 0 Å². The number of rotatable bonds is 7. The van der Waals surface area contributed by atoms with E-state index in [0.717, 1.165) is 47.2 Å². The lowest BCUT2D eigenvalue weighted by molar-refractivity contribution is -0.123. The van der Waals surface area contributed by atoms with Gasteiger partial charge in [0.15, 0.2) is 11.6 Å². The van der Waals surface area contributed by atoms with Gasteiger partial charge in [-0.1, -0.05) is 32.0 Å². The van der Waals surface area contributed by atoms with E-state index in [-0.39, 0.29) is 11.7 Å². The van der Waals surface area contributed by atoms with Gasteiger partial charge >= 0.3 is 0 Å². The molecule has 2 aromatic rings. The van der Waals surface area contributed by atoms with Crippen molar-refractivity contribution in [3.8, 4) is 5.75 Å². The zero-order valence-electron chi connectivity index (χ0n) is 18.6. The summed E-state index contributed by atoms with van der Waals surface area (Å²) < 4.78 is 59.1. The van der Waals surface area contributed by atoms with Crippen molar-refractivity contribution in [1.82, 2.24) is 5.32 Å². The highest BCUT2D eigenvalue weighted by Crippen LogP contribution is 2.42. The average Bonchev–Trinajstić information content (AvgIpc) is 2.75. The van der Waals surface area contributed by atoms with Gasteiger partial charge in [0.1, 0.15) is 17.4 Å². The molecule has 1 aliphatic rings. The lowest BCUT2D eigenvalue weighted by Gasteiger charge is -2.42. The summed E-state index contributed by atoms with van der Waals surface area (Å²) >= 11 is 0. The molecule has 32 heavy (non-hydrogen) atoms. The van der Waals surface area contributed by atoms with E-state index in [1.165, 1.54) is 6.92 Å². The maximum absolute atomic E-state index is 13.8. The molecule has 3 rings (SSSR count). The van der Waals surface area contributed by atoms with E-state index in [1.807, 2.05) is 38.1 Å². The summed E-state index contributed by atoms with van der Waals surface area (Å²) in [6.07, 6.45) is 2.93. The summed E-state index contributed by atoms with van der Waals surface area (Å²) in [4.78, 5) is 13.2. The van der Waals surface area contributed by atoms with Crippen LogP contribution < -0.4 is 14.4 Å². The average molecular weight is 467 g/mol. The van der Waals surface area contributed by atoms with Gasteiger partial charge in [-0.15, -0.1) is 0 Å². The minimum atomic E-state index is -3.97. The first-order valence-corrected chi connectivity index (χ1v) is 12.4. The predicted octanol–water partition coefficient (Wildman–Crippen LogP) is 4.32. The molecule has 1 amide bonds. The fraction of sp³-hybridized carbons (Fsp3) is 0.435. The number of halogens is 2. The molecule has 0 unspecified atom stereocenters. The number of nitrogens with one attached hydrogen (secondary N) is 1. The Hall–Kier alpha value is -2.68. The van der Waals surface area contributed by atoms with Crippen molar-refractivity contribution in [2.45, 2.75) is 57.7 Å². The lowest BCUT2D eigenvalue weighted by Crippen LogP contribution is -2.51. The standard InChI is InChI=1S/C23H28F2N2O4S/c1-5-23(6-2)14-20(17-9-7-8-10-21(17)31-23)26-22(28)15(3)27(32(4,29)30)16-11-12-18(24)19(25)13-16/h7-13,15,20H,5-6,14H2,1-4H3,(H,26,28)/t15-,20+/m1/s1. The molecule has 1 N–H and O–H groups in total. The van der Waals surface area contributed by atoms with E-state index in [9.17, 15) is 22.0 Å². The van der Waals surface area contributed by atoms with Gasteiger partial charge in [-0.2, -0.15) is 0 Å². The second-order valence-electron chi connectivity index (χ2n) is 8.13. The number of anilines is 1. The quantitative estimate of drug-likeness (QED) is 0.660. The fourth-order valence-electron chi connectivity index (χ4n) is 4.15. The van der Waals surface area contributed by atoms with Crippen LogP contribution in [0.1, 0.15) is 51.6 Å². The molecule has 0 fully saturated rings. The molecule has 0 radical (unpaired) electrons. The molecular weight excluding hydrogens is 438 g/mol. The Bertz CT molecular complexity index is 1100. The summed E-state index contributed by atoms with van der Waals surface area (Å²) in [6.45, 7) is 5.45. The van der Waals surface area contributed by atoms with Gasteiger partial charge in [0.2, 0.25) is 15.9 Å². The highest BCUT2D eigenvalue weighted by molar-refractivity contribution is 7.92. The first-order chi connectivity index (χ1) is 15.0. The lowest BCUT2D eigenvalue weighted by atomic mass is 9.83. The first-order valence-electron chi connectivity index (χ1n) is 10.5. The van der Waals surface area contributed by atoms with E-state index < -0.39 is 39.2 Å². The van der Waals surface area contributed by atoms with E-state index in [1.54, 1.807) is 0 Å². The smallest absolute Gasteiger partial charge is 0.244 e. The molecule has 0 aromatic heterocycles. The SMILES string of the molecule is CCC1(CC)C[C@H](NC(=O)[C@@H](C)N(c2ccc(F)c(F)c2)S(C)(=O)=O)c2ccccc2O1. The van der Waals surface area contributed by atoms with Crippen molar-refractivity contribution in [1.29, 1.82) is 0 Å². The number of ether oxygens (including phenoxy) is 1. The van der Waals surface area contributed by atoms with Crippen molar-refractivity contribution in [2.75, 3.05) is 10.6 Å². The zero-order chi connectivity index (χ0) is 23.7. The Morgan fingerprint density at radius 2 is 1.84 bits per heavy atom. The van der Waals surface area contributed by atoms with Crippen LogP contribution in [0.15, 0.2) is 42.5 Å². The number of benzene rings is 2. The zero-order valence-corrected chi connectivity index (χ0v) is 19.4. The molecule has 0 saturated heterocycles. The van der Waals surface area contributed by atoms with Gasteiger partial charge in [0.25, 0.3) is 0 Å². The number of hydrogen-bond donors (Lipinski definition) is 1. The normalized spacial score (nSPS) is 18.2. The van der Waals surface area contributed by atoms with Crippen molar-refractivity contribution in [3.05, 3.63) is 59.7 Å². The minimum absolute atomic E-state index is 0.127. The summed E-state index contributed by atoms with van der Waals surface area (Å²) in [5, 5.41) is 2.95. The van der Waals surface area contributed by atoms with Gasteiger partial charge in [0, 0.05) is 18.1 Å². The molecule has 2 aromatic carbocycles. The van der Waals surface area contributed by atoms with E-state index in [2.05, 4.69) is 5.32 Å². The number of amides is 1. The molecule has 6 nitrogen and oxygen atoms in total. The molecular formula is C23H28F2N2O4S. The minimum Gasteiger partial charge on any atom is -0.487 e. The second-order valence-corrected chi connectivity index (χ2v) is 9.99. The van der Waals surface area contributed by atoms with E-state index >= 15 is 0 Å². The Kier molecular flexibility index (Phi) is 6.78. The largest absolute Gasteiger partial charge is 0.487 e. The molecule has 9 heteroatoms. The first kappa shape index (κ1) is 24.0. The number of hydrogen-bond acceptors (Lipinski definition) is 4. The van der Waals surface area contributed by atoms with Gasteiger partial charge in [-0.3, -0.25) is 9.10 Å². The summed E-state index contributed by atoms with van der Waals surface area (Å²) in [7, 11) is -3.97. The highest BCUT2D eigenvalue weighted by Gasteiger charge is 2.40. The molecule has 1 heterocycles. The van der Waals surface area contributed by atoms with Crippen molar-refractivity contribution >= 4 is 21.6 Å². The summed E-state index contributed by atoms with van der Waals surface area (Å²) in [5.74, 6) is -2.17. The van der Waals surface area contributed by atoms with Gasteiger partial charge in [-0.05, 0) is 38.0 Å². The van der Waals surface area contributed by atoms with Crippen LogP contribution in [0.3, 0.4) is 0 Å². The maximum atomic E-state index is 13.8. The molecule has 0 bridgehead atoms. The Balaban J connectivity index is 1.92. The van der Waals surface area contributed by atoms with Crippen molar-refractivity contribution < 1.29 is 26.7 Å². The molecule has 0 spiro atoms. The second kappa shape index (κ2) is 9.05. The third-order valence-electron chi connectivity index (χ3n) is 6.05. The molecule has 1 aliphatic heterocycles. The molecule has 2 atom stereocenters. The number of para-hydroxylation sites is 1. The monoisotopic (exact) mass is 466 g/mol. The Labute approximate surface area is 187 Å². The molecule has 0 saturated carbocycles. The third kappa shape index (κ3) is 4.72. The Morgan fingerprint density at radius 1 is 1.19 bits per heavy atom. The number of nitrogens with zero attached hydrogens (tertiary/aromatic N) is 1. The number of carbonyl (C=O) groups excluding carboxylic acids is 1. The van der Waals surface area contributed by atoms with Crippen LogP contribution in [0.2, 0.25) is 0 Å².